The first-order valence-corrected chi connectivity index (χ1v) is 8.58. The van der Waals surface area contributed by atoms with Crippen molar-refractivity contribution in [2.75, 3.05) is 32.1 Å². The third-order valence-electron chi connectivity index (χ3n) is 3.81. The Kier molecular flexibility index (Phi) is 7.14. The van der Waals surface area contributed by atoms with Crippen LogP contribution in [0.4, 0.5) is 5.69 Å². The highest BCUT2D eigenvalue weighted by Gasteiger charge is 2.05. The number of pyridine rings is 1. The quantitative estimate of drug-likeness (QED) is 0.649. The lowest BCUT2D eigenvalue weighted by Gasteiger charge is -2.11. The van der Waals surface area contributed by atoms with Crippen LogP contribution in [0.1, 0.15) is 33.1 Å². The van der Waals surface area contributed by atoms with Crippen LogP contribution in [0.5, 0.6) is 5.75 Å². The van der Waals surface area contributed by atoms with Gasteiger partial charge in [-0.25, -0.2) is 0 Å². The van der Waals surface area contributed by atoms with Gasteiger partial charge in [0.05, 0.1) is 18.3 Å². The Morgan fingerprint density at radius 2 is 1.96 bits per heavy atom. The molecule has 1 aromatic carbocycles. The smallest absolute Gasteiger partial charge is 0.121 e. The largest absolute Gasteiger partial charge is 0.497 e. The van der Waals surface area contributed by atoms with Crippen molar-refractivity contribution in [3.8, 4) is 5.75 Å². The molecule has 0 saturated heterocycles. The van der Waals surface area contributed by atoms with Gasteiger partial charge in [0.15, 0.2) is 0 Å². The van der Waals surface area contributed by atoms with E-state index in [2.05, 4.69) is 35.5 Å². The molecule has 0 amide bonds. The third-order valence-corrected chi connectivity index (χ3v) is 3.81. The molecular formula is C19H29N3O. The maximum atomic E-state index is 5.38. The first kappa shape index (κ1) is 17.5. The van der Waals surface area contributed by atoms with Crippen molar-refractivity contribution in [1.29, 1.82) is 0 Å². The number of anilines is 1. The van der Waals surface area contributed by atoms with Crippen molar-refractivity contribution in [2.45, 2.75) is 33.1 Å². The highest BCUT2D eigenvalue weighted by atomic mass is 16.5. The van der Waals surface area contributed by atoms with Gasteiger partial charge in [-0.2, -0.15) is 0 Å². The van der Waals surface area contributed by atoms with E-state index in [1.165, 1.54) is 12.8 Å². The average molecular weight is 315 g/mol. The van der Waals surface area contributed by atoms with Crippen LogP contribution in [0, 0.1) is 5.92 Å². The fourth-order valence-electron chi connectivity index (χ4n) is 2.58. The Labute approximate surface area is 139 Å². The molecular weight excluding hydrogens is 286 g/mol. The van der Waals surface area contributed by atoms with E-state index >= 15 is 0 Å². The molecule has 2 rings (SSSR count). The number of methoxy groups -OCH3 is 1. The Morgan fingerprint density at radius 1 is 1.13 bits per heavy atom. The molecule has 0 radical (unpaired) electrons. The molecule has 2 N–H and O–H groups in total. The molecule has 0 spiro atoms. The third kappa shape index (κ3) is 5.71. The minimum atomic E-state index is 0.727. The molecule has 1 heterocycles. The van der Waals surface area contributed by atoms with E-state index in [0.29, 0.717) is 0 Å². The zero-order chi connectivity index (χ0) is 16.5. The topological polar surface area (TPSA) is 46.2 Å². The van der Waals surface area contributed by atoms with Gasteiger partial charge in [0, 0.05) is 24.2 Å². The van der Waals surface area contributed by atoms with E-state index in [4.69, 9.17) is 4.74 Å². The van der Waals surface area contributed by atoms with E-state index in [1.807, 2.05) is 24.4 Å². The number of aromatic nitrogens is 1. The van der Waals surface area contributed by atoms with Gasteiger partial charge in [-0.15, -0.1) is 0 Å². The molecule has 4 heteroatoms. The number of ether oxygens (including phenoxy) is 1. The lowest BCUT2D eigenvalue weighted by molar-refractivity contribution is 0.415. The number of rotatable bonds is 10. The van der Waals surface area contributed by atoms with Gasteiger partial charge < -0.3 is 15.4 Å². The minimum absolute atomic E-state index is 0.727. The van der Waals surface area contributed by atoms with E-state index in [9.17, 15) is 0 Å². The van der Waals surface area contributed by atoms with Gasteiger partial charge in [-0.1, -0.05) is 26.3 Å². The molecule has 0 fully saturated rings. The highest BCUT2D eigenvalue weighted by Crippen LogP contribution is 2.27. The molecule has 0 saturated carbocycles. The maximum absolute atomic E-state index is 5.38. The zero-order valence-corrected chi connectivity index (χ0v) is 14.6. The van der Waals surface area contributed by atoms with Crippen LogP contribution >= 0.6 is 0 Å². The molecule has 0 aliphatic rings. The van der Waals surface area contributed by atoms with Gasteiger partial charge in [0.25, 0.3) is 0 Å². The highest BCUT2D eigenvalue weighted by molar-refractivity contribution is 5.91. The number of benzene rings is 1. The van der Waals surface area contributed by atoms with E-state index in [-0.39, 0.29) is 0 Å². The number of nitrogens with one attached hydrogen (secondary N) is 2. The van der Waals surface area contributed by atoms with Crippen molar-refractivity contribution in [2.24, 2.45) is 5.92 Å². The second-order valence-corrected chi connectivity index (χ2v) is 6.34. The second-order valence-electron chi connectivity index (χ2n) is 6.34. The van der Waals surface area contributed by atoms with Crippen LogP contribution in [-0.2, 0) is 0 Å². The fourth-order valence-corrected chi connectivity index (χ4v) is 2.58. The van der Waals surface area contributed by atoms with E-state index in [0.717, 1.165) is 54.3 Å². The predicted octanol–water partition coefficient (Wildman–Crippen LogP) is 4.07. The molecule has 0 unspecified atom stereocenters. The second kappa shape index (κ2) is 9.36. The van der Waals surface area contributed by atoms with Crippen molar-refractivity contribution in [3.05, 3.63) is 30.5 Å². The summed E-state index contributed by atoms with van der Waals surface area (Å²) in [6.07, 6.45) is 5.45. The summed E-state index contributed by atoms with van der Waals surface area (Å²) in [6, 6.07) is 8.07. The Morgan fingerprint density at radius 3 is 2.74 bits per heavy atom. The number of hydrogen-bond donors (Lipinski definition) is 2. The summed E-state index contributed by atoms with van der Waals surface area (Å²) in [6.45, 7) is 7.66. The van der Waals surface area contributed by atoms with Gasteiger partial charge in [-0.3, -0.25) is 4.98 Å². The summed E-state index contributed by atoms with van der Waals surface area (Å²) < 4.78 is 5.38. The number of hydrogen-bond acceptors (Lipinski definition) is 4. The molecule has 0 aliphatic heterocycles. The van der Waals surface area contributed by atoms with E-state index < -0.39 is 0 Å². The molecule has 126 valence electrons. The lowest BCUT2D eigenvalue weighted by atomic mass is 10.1. The molecule has 0 atom stereocenters. The van der Waals surface area contributed by atoms with Crippen LogP contribution in [0.25, 0.3) is 10.9 Å². The van der Waals surface area contributed by atoms with Crippen molar-refractivity contribution in [1.82, 2.24) is 10.3 Å². The average Bonchev–Trinajstić information content (AvgIpc) is 2.56. The molecule has 0 bridgehead atoms. The predicted molar refractivity (Wildman–Crippen MR) is 98.3 cm³/mol. The van der Waals surface area contributed by atoms with Gasteiger partial charge >= 0.3 is 0 Å². The summed E-state index contributed by atoms with van der Waals surface area (Å²) in [5.41, 5.74) is 2.06. The van der Waals surface area contributed by atoms with Gasteiger partial charge in [0.2, 0.25) is 0 Å². The fraction of sp³-hybridized carbons (Fsp3) is 0.526. The number of fused-ring (bicyclic) bond motifs is 1. The first-order valence-electron chi connectivity index (χ1n) is 8.58. The van der Waals surface area contributed by atoms with Crippen molar-refractivity contribution >= 4 is 16.6 Å². The normalized spacial score (nSPS) is 11.1. The molecule has 23 heavy (non-hydrogen) atoms. The molecule has 2 aromatic rings. The summed E-state index contributed by atoms with van der Waals surface area (Å²) >= 11 is 0. The number of unbranched alkanes of at least 4 members (excludes halogenated alkanes) is 2. The summed E-state index contributed by atoms with van der Waals surface area (Å²) in [4.78, 5) is 4.48. The van der Waals surface area contributed by atoms with E-state index in [1.54, 1.807) is 7.11 Å². The standard InChI is InChI=1S/C19H29N3O/c1-15(2)14-20-9-5-4-6-10-21-18-13-17(23-3)12-16-8-7-11-22-19(16)18/h7-8,11-13,15,20-21H,4-6,9-10,14H2,1-3H3. The molecule has 1 aromatic heterocycles. The van der Waals surface area contributed by atoms with Crippen LogP contribution in [0.3, 0.4) is 0 Å². The Hall–Kier alpha value is -1.81. The lowest BCUT2D eigenvalue weighted by Crippen LogP contribution is -2.20. The Balaban J connectivity index is 1.78. The summed E-state index contributed by atoms with van der Waals surface area (Å²) in [5.74, 6) is 1.59. The van der Waals surface area contributed by atoms with Crippen molar-refractivity contribution in [3.63, 3.8) is 0 Å². The van der Waals surface area contributed by atoms with Crippen LogP contribution in [0.2, 0.25) is 0 Å². The van der Waals surface area contributed by atoms with Gasteiger partial charge in [-0.05, 0) is 44.0 Å². The summed E-state index contributed by atoms with van der Waals surface area (Å²) in [5, 5.41) is 8.10. The van der Waals surface area contributed by atoms with Crippen molar-refractivity contribution < 1.29 is 4.74 Å². The summed E-state index contributed by atoms with van der Waals surface area (Å²) in [7, 11) is 1.70. The monoisotopic (exact) mass is 315 g/mol. The number of nitrogens with zero attached hydrogens (tertiary/aromatic N) is 1. The molecule has 4 nitrogen and oxygen atoms in total. The first-order chi connectivity index (χ1) is 11.2. The van der Waals surface area contributed by atoms with Gasteiger partial charge in [0.1, 0.15) is 5.75 Å². The minimum Gasteiger partial charge on any atom is -0.497 e. The SMILES string of the molecule is COc1cc(NCCCCCNCC(C)C)c2ncccc2c1. The maximum Gasteiger partial charge on any atom is 0.121 e. The van der Waals surface area contributed by atoms with Crippen LogP contribution in [-0.4, -0.2) is 31.7 Å². The zero-order valence-electron chi connectivity index (χ0n) is 14.6. The van der Waals surface area contributed by atoms with Crippen LogP contribution < -0.4 is 15.4 Å². The molecule has 0 aliphatic carbocycles. The van der Waals surface area contributed by atoms with Crippen LogP contribution in [0.15, 0.2) is 30.5 Å². The Bertz CT molecular complexity index is 598.